The average molecular weight is 480 g/mol. The van der Waals surface area contributed by atoms with Crippen LogP contribution in [0.15, 0.2) is 29.3 Å². The van der Waals surface area contributed by atoms with Crippen LogP contribution in [-0.2, 0) is 26.7 Å². The van der Waals surface area contributed by atoms with Crippen LogP contribution in [0.5, 0.6) is 0 Å². The third-order valence-corrected chi connectivity index (χ3v) is 6.81. The van der Waals surface area contributed by atoms with E-state index in [-0.39, 0.29) is 17.3 Å². The molecule has 1 saturated carbocycles. The molecule has 190 valence electrons. The van der Waals surface area contributed by atoms with Gasteiger partial charge >= 0.3 is 5.97 Å². The van der Waals surface area contributed by atoms with Gasteiger partial charge in [-0.2, -0.15) is 5.10 Å². The van der Waals surface area contributed by atoms with E-state index in [9.17, 15) is 4.79 Å². The summed E-state index contributed by atoms with van der Waals surface area (Å²) in [6, 6.07) is 8.48. The highest BCUT2D eigenvalue weighted by atomic mass is 16.7. The summed E-state index contributed by atoms with van der Waals surface area (Å²) in [5, 5.41) is 4.61. The first-order chi connectivity index (χ1) is 16.5. The first kappa shape index (κ1) is 26.7. The molecule has 0 amide bonds. The Morgan fingerprint density at radius 2 is 1.74 bits per heavy atom. The van der Waals surface area contributed by atoms with E-state index in [0.717, 1.165) is 53.8 Å². The fraction of sp³-hybridized carbons (Fsp3) is 0.552. The minimum atomic E-state index is -0.747. The molecule has 0 radical (unpaired) electrons. The number of benzene rings is 1. The zero-order chi connectivity index (χ0) is 25.8. The molecule has 1 unspecified atom stereocenters. The van der Waals surface area contributed by atoms with Crippen molar-refractivity contribution in [2.45, 2.75) is 85.4 Å². The SMILES string of the molecule is C/N=C\C(=C(\OC(C)OC(=O)C1CCCCC1)c1c(C)c(C)nn1C)c1ccc(C(C)(C)C)cc1. The van der Waals surface area contributed by atoms with E-state index in [0.29, 0.717) is 5.76 Å². The lowest BCUT2D eigenvalue weighted by molar-refractivity contribution is -0.170. The Bertz CT molecular complexity index is 1080. The molecule has 1 aliphatic rings. The quantitative estimate of drug-likeness (QED) is 0.200. The van der Waals surface area contributed by atoms with E-state index in [1.165, 1.54) is 12.0 Å². The maximum absolute atomic E-state index is 12.8. The molecule has 1 fully saturated rings. The summed E-state index contributed by atoms with van der Waals surface area (Å²) in [6.07, 6.45) is 6.19. The van der Waals surface area contributed by atoms with Crippen molar-refractivity contribution in [3.63, 3.8) is 0 Å². The summed E-state index contributed by atoms with van der Waals surface area (Å²) in [5.74, 6) is 0.392. The molecule has 0 bridgehead atoms. The van der Waals surface area contributed by atoms with Crippen molar-refractivity contribution in [1.29, 1.82) is 0 Å². The lowest BCUT2D eigenvalue weighted by atomic mass is 9.86. The van der Waals surface area contributed by atoms with Crippen molar-refractivity contribution in [3.8, 4) is 0 Å². The van der Waals surface area contributed by atoms with Crippen LogP contribution in [0.3, 0.4) is 0 Å². The van der Waals surface area contributed by atoms with Crippen molar-refractivity contribution in [3.05, 3.63) is 52.3 Å². The number of aliphatic imine (C=N–C) groups is 1. The van der Waals surface area contributed by atoms with Gasteiger partial charge in [0.25, 0.3) is 0 Å². The van der Waals surface area contributed by atoms with E-state index in [1.54, 1.807) is 20.2 Å². The predicted molar refractivity (Wildman–Crippen MR) is 142 cm³/mol. The van der Waals surface area contributed by atoms with Crippen molar-refractivity contribution >= 4 is 23.5 Å². The second-order valence-electron chi connectivity index (χ2n) is 10.6. The van der Waals surface area contributed by atoms with Crippen LogP contribution in [-0.4, -0.2) is 35.3 Å². The molecule has 0 saturated heterocycles. The zero-order valence-electron chi connectivity index (χ0n) is 22.6. The van der Waals surface area contributed by atoms with E-state index >= 15 is 0 Å². The summed E-state index contributed by atoms with van der Waals surface area (Å²) < 4.78 is 14.0. The van der Waals surface area contributed by atoms with Crippen LogP contribution in [0.4, 0.5) is 0 Å². The minimum Gasteiger partial charge on any atom is -0.452 e. The van der Waals surface area contributed by atoms with Gasteiger partial charge in [-0.25, -0.2) is 0 Å². The number of hydrogen-bond acceptors (Lipinski definition) is 5. The van der Waals surface area contributed by atoms with E-state index in [2.05, 4.69) is 55.1 Å². The highest BCUT2D eigenvalue weighted by molar-refractivity contribution is 6.18. The van der Waals surface area contributed by atoms with E-state index in [1.807, 2.05) is 25.6 Å². The lowest BCUT2D eigenvalue weighted by Crippen LogP contribution is -2.26. The van der Waals surface area contributed by atoms with Crippen LogP contribution in [0.25, 0.3) is 11.3 Å². The summed E-state index contributed by atoms with van der Waals surface area (Å²) in [5.41, 5.74) is 5.88. The molecule has 2 aromatic rings. The number of nitrogens with zero attached hydrogens (tertiary/aromatic N) is 3. The van der Waals surface area contributed by atoms with E-state index < -0.39 is 6.29 Å². The number of carbonyl (C=O) groups is 1. The molecule has 3 rings (SSSR count). The van der Waals surface area contributed by atoms with Gasteiger partial charge < -0.3 is 9.47 Å². The van der Waals surface area contributed by atoms with Crippen LogP contribution in [0.2, 0.25) is 0 Å². The fourth-order valence-corrected chi connectivity index (χ4v) is 4.66. The summed E-state index contributed by atoms with van der Waals surface area (Å²) in [4.78, 5) is 17.1. The van der Waals surface area contributed by atoms with Crippen molar-refractivity contribution in [2.24, 2.45) is 18.0 Å². The molecule has 1 aromatic heterocycles. The number of aryl methyl sites for hydroxylation is 2. The van der Waals surface area contributed by atoms with Gasteiger partial charge in [0.05, 0.1) is 11.6 Å². The Hall–Kier alpha value is -2.89. The van der Waals surface area contributed by atoms with Crippen LogP contribution in [0.1, 0.15) is 87.9 Å². The van der Waals surface area contributed by atoms with E-state index in [4.69, 9.17) is 9.47 Å². The minimum absolute atomic E-state index is 0.0375. The highest BCUT2D eigenvalue weighted by Crippen LogP contribution is 2.33. The molecule has 6 nitrogen and oxygen atoms in total. The second kappa shape index (κ2) is 11.2. The number of ether oxygens (including phenoxy) is 2. The Morgan fingerprint density at radius 3 is 2.26 bits per heavy atom. The molecule has 0 aliphatic heterocycles. The monoisotopic (exact) mass is 479 g/mol. The van der Waals surface area contributed by atoms with Gasteiger partial charge in [0.15, 0.2) is 5.76 Å². The molecular formula is C29H41N3O3. The molecule has 6 heteroatoms. The zero-order valence-corrected chi connectivity index (χ0v) is 22.6. The second-order valence-corrected chi connectivity index (χ2v) is 10.6. The van der Waals surface area contributed by atoms with Crippen molar-refractivity contribution in [2.75, 3.05) is 7.05 Å². The van der Waals surface area contributed by atoms with Gasteiger partial charge in [0.1, 0.15) is 5.69 Å². The number of rotatable bonds is 7. The molecule has 1 atom stereocenters. The smallest absolute Gasteiger partial charge is 0.311 e. The standard InChI is InChI=1S/C29H41N3O3/c1-19-20(2)31-32(8)26(19)27(34-21(3)35-28(33)23-12-10-9-11-13-23)25(18-30-7)22-14-16-24(17-15-22)29(4,5)6/h14-18,21,23H,9-13H2,1-8H3/b27-25-,30-18-. The van der Waals surface area contributed by atoms with Gasteiger partial charge in [-0.05, 0) is 43.2 Å². The Balaban J connectivity index is 2.04. The average Bonchev–Trinajstić information content (AvgIpc) is 3.07. The maximum atomic E-state index is 12.8. The van der Waals surface area contributed by atoms with Crippen molar-refractivity contribution in [1.82, 2.24) is 9.78 Å². The molecule has 35 heavy (non-hydrogen) atoms. The Labute approximate surface area is 210 Å². The largest absolute Gasteiger partial charge is 0.452 e. The molecular weight excluding hydrogens is 438 g/mol. The third kappa shape index (κ3) is 6.41. The molecule has 0 spiro atoms. The predicted octanol–water partition coefficient (Wildman–Crippen LogP) is 6.39. The molecule has 0 N–H and O–H groups in total. The van der Waals surface area contributed by atoms with Crippen LogP contribution >= 0.6 is 0 Å². The first-order valence-corrected chi connectivity index (χ1v) is 12.7. The fourth-order valence-electron chi connectivity index (χ4n) is 4.66. The van der Waals surface area contributed by atoms with Crippen LogP contribution < -0.4 is 0 Å². The van der Waals surface area contributed by atoms with Gasteiger partial charge in [0.2, 0.25) is 6.29 Å². The Morgan fingerprint density at radius 1 is 1.11 bits per heavy atom. The maximum Gasteiger partial charge on any atom is 0.311 e. The number of hydrogen-bond donors (Lipinski definition) is 0. The molecule has 1 heterocycles. The number of aromatic nitrogens is 2. The number of allylic oxidation sites excluding steroid dienone is 1. The molecule has 1 aliphatic carbocycles. The van der Waals surface area contributed by atoms with Gasteiger partial charge in [0, 0.05) is 38.4 Å². The lowest BCUT2D eigenvalue weighted by Gasteiger charge is -2.25. The molecule has 1 aromatic carbocycles. The first-order valence-electron chi connectivity index (χ1n) is 12.7. The summed E-state index contributed by atoms with van der Waals surface area (Å²) >= 11 is 0. The third-order valence-electron chi connectivity index (χ3n) is 6.81. The normalized spacial score (nSPS) is 16.8. The van der Waals surface area contributed by atoms with Gasteiger partial charge in [-0.3, -0.25) is 14.5 Å². The Kier molecular flexibility index (Phi) is 8.57. The number of esters is 1. The number of carbonyl (C=O) groups excluding carboxylic acids is 1. The topological polar surface area (TPSA) is 65.7 Å². The summed E-state index contributed by atoms with van der Waals surface area (Å²) in [7, 11) is 3.65. The summed E-state index contributed by atoms with van der Waals surface area (Å²) in [6.45, 7) is 12.4. The van der Waals surface area contributed by atoms with Crippen molar-refractivity contribution < 1.29 is 14.3 Å². The van der Waals surface area contributed by atoms with Gasteiger partial charge in [-0.15, -0.1) is 0 Å². The highest BCUT2D eigenvalue weighted by Gasteiger charge is 2.27. The van der Waals surface area contributed by atoms with Gasteiger partial charge in [-0.1, -0.05) is 64.3 Å². The van der Waals surface area contributed by atoms with Crippen LogP contribution in [0, 0.1) is 19.8 Å².